The highest BCUT2D eigenvalue weighted by molar-refractivity contribution is 7.99. The summed E-state index contributed by atoms with van der Waals surface area (Å²) in [6, 6.07) is 4.44. The Labute approximate surface area is 206 Å². The van der Waals surface area contributed by atoms with E-state index in [2.05, 4.69) is 0 Å². The zero-order chi connectivity index (χ0) is 24.8. The van der Waals surface area contributed by atoms with Crippen LogP contribution in [-0.4, -0.2) is 64.2 Å². The zero-order valence-corrected chi connectivity index (χ0v) is 21.9. The topological polar surface area (TPSA) is 110 Å². The lowest BCUT2D eigenvalue weighted by Crippen LogP contribution is -2.39. The molecule has 0 spiro atoms. The Morgan fingerprint density at radius 3 is 2.71 bits per heavy atom. The highest BCUT2D eigenvalue weighted by Crippen LogP contribution is 2.32. The van der Waals surface area contributed by atoms with Gasteiger partial charge in [-0.2, -0.15) is 0 Å². The maximum atomic E-state index is 13.7. The molecule has 11 heteroatoms. The van der Waals surface area contributed by atoms with Crippen LogP contribution in [0.25, 0.3) is 15.9 Å². The van der Waals surface area contributed by atoms with Crippen LogP contribution in [0.2, 0.25) is 0 Å². The van der Waals surface area contributed by atoms with Crippen LogP contribution in [0.3, 0.4) is 0 Å². The number of hydrogen-bond donors (Lipinski definition) is 1. The molecule has 1 saturated heterocycles. The van der Waals surface area contributed by atoms with Gasteiger partial charge in [-0.05, 0) is 56.0 Å². The van der Waals surface area contributed by atoms with Crippen molar-refractivity contribution in [1.82, 2.24) is 14.5 Å². The monoisotopic (exact) mass is 521 g/mol. The van der Waals surface area contributed by atoms with E-state index >= 15 is 0 Å². The van der Waals surface area contributed by atoms with Crippen LogP contribution in [0.5, 0.6) is 5.75 Å². The van der Waals surface area contributed by atoms with E-state index in [1.54, 1.807) is 26.1 Å². The molecule has 3 aromatic rings. The molecule has 0 unspecified atom stereocenters. The molecule has 3 heterocycles. The minimum Gasteiger partial charge on any atom is -0.508 e. The third-order valence-corrected chi connectivity index (χ3v) is 9.96. The predicted octanol–water partition coefficient (Wildman–Crippen LogP) is 3.07. The minimum atomic E-state index is -3.10. The number of aryl methyl sites for hydroxylation is 3. The van der Waals surface area contributed by atoms with Gasteiger partial charge in [0.1, 0.15) is 10.6 Å². The number of carbonyl (C=O) groups excluding carboxylic acids is 1. The number of nitrogens with zero attached hydrogens (tertiary/aromatic N) is 3. The lowest BCUT2D eigenvalue weighted by molar-refractivity contribution is -0.128. The number of rotatable bonds is 6. The summed E-state index contributed by atoms with van der Waals surface area (Å²) in [5.41, 5.74) is 2.06. The molecule has 182 valence electrons. The number of phenolic OH excluding ortho intramolecular Hbond substituents is 1. The summed E-state index contributed by atoms with van der Waals surface area (Å²) in [5.74, 6) is -0.0192. The zero-order valence-electron chi connectivity index (χ0n) is 19.5. The number of aromatic hydroxyl groups is 1. The van der Waals surface area contributed by atoms with E-state index in [0.29, 0.717) is 39.5 Å². The number of benzene rings is 1. The Morgan fingerprint density at radius 1 is 1.35 bits per heavy atom. The van der Waals surface area contributed by atoms with Gasteiger partial charge < -0.3 is 10.0 Å². The van der Waals surface area contributed by atoms with Crippen LogP contribution in [0.1, 0.15) is 29.3 Å². The van der Waals surface area contributed by atoms with E-state index in [-0.39, 0.29) is 40.5 Å². The number of thiophene rings is 1. The fourth-order valence-electron chi connectivity index (χ4n) is 4.34. The van der Waals surface area contributed by atoms with Crippen LogP contribution < -0.4 is 5.56 Å². The molecule has 1 aliphatic rings. The number of sulfone groups is 1. The fraction of sp³-hybridized carbons (Fsp3) is 0.435. The summed E-state index contributed by atoms with van der Waals surface area (Å²) in [4.78, 5) is 34.6. The maximum absolute atomic E-state index is 13.7. The van der Waals surface area contributed by atoms with Crippen molar-refractivity contribution < 1.29 is 18.3 Å². The normalized spacial score (nSPS) is 17.4. The van der Waals surface area contributed by atoms with Crippen molar-refractivity contribution in [2.75, 3.05) is 24.3 Å². The molecule has 8 nitrogen and oxygen atoms in total. The van der Waals surface area contributed by atoms with Crippen molar-refractivity contribution in [2.45, 2.75) is 44.8 Å². The smallest absolute Gasteiger partial charge is 0.267 e. The van der Waals surface area contributed by atoms with Gasteiger partial charge in [-0.25, -0.2) is 13.4 Å². The van der Waals surface area contributed by atoms with Gasteiger partial charge in [0.05, 0.1) is 28.3 Å². The van der Waals surface area contributed by atoms with Crippen molar-refractivity contribution in [3.05, 3.63) is 44.6 Å². The number of hydrogen-bond acceptors (Lipinski definition) is 8. The first-order valence-electron chi connectivity index (χ1n) is 11.0. The summed E-state index contributed by atoms with van der Waals surface area (Å²) in [6.07, 6.45) is 1.14. The number of amides is 1. The van der Waals surface area contributed by atoms with Crippen molar-refractivity contribution in [3.63, 3.8) is 0 Å². The molecule has 1 aliphatic heterocycles. The second kappa shape index (κ2) is 9.35. The molecule has 0 radical (unpaired) electrons. The molecular formula is C23H27N3O5S3. The molecule has 0 saturated carbocycles. The molecule has 1 fully saturated rings. The van der Waals surface area contributed by atoms with Crippen molar-refractivity contribution >= 4 is 49.1 Å². The number of phenols is 1. The number of fused-ring (bicyclic) bond motifs is 1. The van der Waals surface area contributed by atoms with Crippen molar-refractivity contribution in [3.8, 4) is 11.4 Å². The second-order valence-corrected chi connectivity index (χ2v) is 12.9. The van der Waals surface area contributed by atoms with Crippen molar-refractivity contribution in [2.24, 2.45) is 0 Å². The Hall–Kier alpha value is -2.37. The molecule has 2 aromatic heterocycles. The first-order chi connectivity index (χ1) is 16.0. The van der Waals surface area contributed by atoms with Gasteiger partial charge in [0.15, 0.2) is 15.0 Å². The predicted molar refractivity (Wildman–Crippen MR) is 136 cm³/mol. The first kappa shape index (κ1) is 24.7. The lowest BCUT2D eigenvalue weighted by atomic mass is 10.1. The van der Waals surface area contributed by atoms with Gasteiger partial charge in [0.2, 0.25) is 5.91 Å². The molecule has 1 aromatic carbocycles. The number of thioether (sulfide) groups is 1. The van der Waals surface area contributed by atoms with Crippen LogP contribution >= 0.6 is 23.1 Å². The molecule has 1 amide bonds. The van der Waals surface area contributed by atoms with Crippen LogP contribution in [0.4, 0.5) is 0 Å². The molecule has 0 aliphatic carbocycles. The number of carbonyl (C=O) groups is 1. The summed E-state index contributed by atoms with van der Waals surface area (Å²) in [6.45, 7) is 5.78. The number of aromatic nitrogens is 2. The fourth-order valence-corrected chi connectivity index (χ4v) is 8.19. The van der Waals surface area contributed by atoms with E-state index in [1.165, 1.54) is 26.9 Å². The summed E-state index contributed by atoms with van der Waals surface area (Å²) >= 11 is 2.62. The average Bonchev–Trinajstić information content (AvgIpc) is 3.30. The standard InChI is InChI=1S/C23H27N3O5S3/c1-5-17-14(3)33-21-20(17)22(29)26(18-7-6-16(27)10-13(18)2)23(24-21)32-11-19(28)25(4)15-8-9-34(30,31)12-15/h6-7,10,15,27H,5,8-9,11-12H2,1-4H3/t15-/m0/s1. The summed E-state index contributed by atoms with van der Waals surface area (Å²) in [5, 5.41) is 10.8. The first-order valence-corrected chi connectivity index (χ1v) is 14.6. The molecular weight excluding hydrogens is 494 g/mol. The van der Waals surface area contributed by atoms with Crippen LogP contribution in [0.15, 0.2) is 28.2 Å². The Kier molecular flexibility index (Phi) is 6.80. The minimum absolute atomic E-state index is 0.0181. The molecule has 0 bridgehead atoms. The highest BCUT2D eigenvalue weighted by atomic mass is 32.2. The van der Waals surface area contributed by atoms with Gasteiger partial charge in [-0.15, -0.1) is 11.3 Å². The third kappa shape index (κ3) is 4.60. The van der Waals surface area contributed by atoms with Crippen LogP contribution in [0, 0.1) is 13.8 Å². The van der Waals surface area contributed by atoms with E-state index in [1.807, 2.05) is 13.8 Å². The Bertz CT molecular complexity index is 1440. The highest BCUT2D eigenvalue weighted by Gasteiger charge is 2.33. The third-order valence-electron chi connectivity index (χ3n) is 6.24. The SMILES string of the molecule is CCc1c(C)sc2nc(SCC(=O)N(C)[C@H]3CCS(=O)(=O)C3)n(-c3ccc(O)cc3C)c(=O)c12. The second-order valence-electron chi connectivity index (χ2n) is 8.53. The van der Waals surface area contributed by atoms with E-state index in [9.17, 15) is 23.1 Å². The molecule has 34 heavy (non-hydrogen) atoms. The van der Waals surface area contributed by atoms with Gasteiger partial charge in [0, 0.05) is 18.0 Å². The van der Waals surface area contributed by atoms with Crippen molar-refractivity contribution in [1.29, 1.82) is 0 Å². The van der Waals surface area contributed by atoms with E-state index in [4.69, 9.17) is 4.98 Å². The molecule has 1 N–H and O–H groups in total. The van der Waals surface area contributed by atoms with Crippen LogP contribution in [-0.2, 0) is 21.1 Å². The summed E-state index contributed by atoms with van der Waals surface area (Å²) in [7, 11) is -1.48. The Morgan fingerprint density at radius 2 is 2.09 bits per heavy atom. The Balaban J connectivity index is 1.74. The van der Waals surface area contributed by atoms with Gasteiger partial charge >= 0.3 is 0 Å². The molecule has 4 rings (SSSR count). The average molecular weight is 522 g/mol. The lowest BCUT2D eigenvalue weighted by Gasteiger charge is -2.23. The maximum Gasteiger partial charge on any atom is 0.267 e. The van der Waals surface area contributed by atoms with E-state index in [0.717, 1.165) is 22.2 Å². The summed E-state index contributed by atoms with van der Waals surface area (Å²) < 4.78 is 25.1. The molecule has 1 atom stereocenters. The largest absolute Gasteiger partial charge is 0.508 e. The van der Waals surface area contributed by atoms with E-state index < -0.39 is 9.84 Å². The van der Waals surface area contributed by atoms with Gasteiger partial charge in [0.25, 0.3) is 5.56 Å². The quantitative estimate of drug-likeness (QED) is 0.392. The van der Waals surface area contributed by atoms with Gasteiger partial charge in [-0.3, -0.25) is 14.2 Å². The van der Waals surface area contributed by atoms with Gasteiger partial charge in [-0.1, -0.05) is 18.7 Å².